The zero-order valence-corrected chi connectivity index (χ0v) is 15.8. The number of nitrogens with zero attached hydrogens (tertiary/aromatic N) is 2. The number of benzene rings is 1. The maximum atomic E-state index is 12.8. The van der Waals surface area contributed by atoms with Crippen molar-refractivity contribution in [2.45, 2.75) is 30.3 Å². The predicted molar refractivity (Wildman–Crippen MR) is 102 cm³/mol. The number of fused-ring (bicyclic) bond motifs is 1. The van der Waals surface area contributed by atoms with Crippen LogP contribution < -0.4 is 14.2 Å². The molecule has 2 aliphatic rings. The second-order valence-electron chi connectivity index (χ2n) is 6.66. The van der Waals surface area contributed by atoms with E-state index in [9.17, 15) is 10.0 Å². The van der Waals surface area contributed by atoms with Gasteiger partial charge in [0.1, 0.15) is 0 Å². The molecule has 1 atom stereocenters. The Bertz CT molecular complexity index is 829. The average Bonchev–Trinajstić information content (AvgIpc) is 3.06. The van der Waals surface area contributed by atoms with E-state index in [4.69, 9.17) is 9.47 Å². The van der Waals surface area contributed by atoms with Crippen molar-refractivity contribution in [2.24, 2.45) is 0 Å². The number of likely N-dealkylation sites (tertiary alicyclic amines) is 1. The molecule has 2 aliphatic heterocycles. The summed E-state index contributed by atoms with van der Waals surface area (Å²) in [6.07, 6.45) is 4.23. The van der Waals surface area contributed by atoms with Gasteiger partial charge in [0.2, 0.25) is 5.91 Å². The van der Waals surface area contributed by atoms with Crippen LogP contribution in [0.25, 0.3) is 0 Å². The van der Waals surface area contributed by atoms with Gasteiger partial charge in [-0.05, 0) is 48.4 Å². The van der Waals surface area contributed by atoms with Gasteiger partial charge in [-0.15, -0.1) is 0 Å². The summed E-state index contributed by atoms with van der Waals surface area (Å²) in [6.45, 7) is 2.05. The number of thioether (sulfide) groups is 1. The fourth-order valence-corrected chi connectivity index (χ4v) is 4.34. The molecule has 1 saturated heterocycles. The normalized spacial score (nSPS) is 19.0. The molecule has 1 aromatic carbocycles. The van der Waals surface area contributed by atoms with Crippen molar-refractivity contribution >= 4 is 17.7 Å². The Balaban J connectivity index is 1.46. The highest BCUT2D eigenvalue weighted by molar-refractivity contribution is 7.99. The summed E-state index contributed by atoms with van der Waals surface area (Å²) >= 11 is 1.28. The Morgan fingerprint density at radius 3 is 2.89 bits per heavy atom. The van der Waals surface area contributed by atoms with Crippen molar-refractivity contribution in [1.82, 2.24) is 4.90 Å². The SMILES string of the molecule is O=C(CSc1cccc[n+]1[O-])N1CCCC1c1ccc2c(c1)OCCCO2. The number of amides is 1. The Hall–Kier alpha value is -2.41. The minimum absolute atomic E-state index is 0.0467. The molecule has 0 spiro atoms. The number of pyridine rings is 1. The van der Waals surface area contributed by atoms with Crippen molar-refractivity contribution in [2.75, 3.05) is 25.5 Å². The maximum absolute atomic E-state index is 12.8. The van der Waals surface area contributed by atoms with Gasteiger partial charge in [0.25, 0.3) is 5.03 Å². The van der Waals surface area contributed by atoms with E-state index in [-0.39, 0.29) is 17.7 Å². The number of hydrogen-bond acceptors (Lipinski definition) is 5. The number of hydrogen-bond donors (Lipinski definition) is 0. The monoisotopic (exact) mass is 386 g/mol. The van der Waals surface area contributed by atoms with E-state index in [1.165, 1.54) is 18.0 Å². The van der Waals surface area contributed by atoms with Gasteiger partial charge in [-0.2, -0.15) is 4.73 Å². The Kier molecular flexibility index (Phi) is 5.38. The summed E-state index contributed by atoms with van der Waals surface area (Å²) in [5.74, 6) is 1.84. The number of rotatable bonds is 4. The number of carbonyl (C=O) groups excluding carboxylic acids is 1. The summed E-state index contributed by atoms with van der Waals surface area (Å²) in [5, 5.41) is 12.3. The summed E-state index contributed by atoms with van der Waals surface area (Å²) in [7, 11) is 0. The first-order valence-corrected chi connectivity index (χ1v) is 10.2. The van der Waals surface area contributed by atoms with Gasteiger partial charge < -0.3 is 19.6 Å². The van der Waals surface area contributed by atoms with Crippen molar-refractivity contribution in [1.29, 1.82) is 0 Å². The van der Waals surface area contributed by atoms with Gasteiger partial charge in [0, 0.05) is 25.1 Å². The van der Waals surface area contributed by atoms with E-state index in [0.29, 0.717) is 18.2 Å². The second-order valence-corrected chi connectivity index (χ2v) is 7.65. The van der Waals surface area contributed by atoms with Crippen molar-refractivity contribution in [3.8, 4) is 11.5 Å². The standard InChI is InChI=1S/C20H22N2O4S/c23-19(14-27-20-6-1-2-10-22(20)24)21-9-3-5-16(21)15-7-8-17-18(13-15)26-12-4-11-25-17/h1-2,6-8,10,13,16H,3-5,9,11-12,14H2. The molecule has 1 aromatic heterocycles. The number of carbonyl (C=O) groups is 1. The molecule has 1 amide bonds. The molecule has 2 aromatic rings. The number of ether oxygens (including phenoxy) is 2. The van der Waals surface area contributed by atoms with E-state index in [1.54, 1.807) is 18.2 Å². The molecule has 0 aliphatic carbocycles. The lowest BCUT2D eigenvalue weighted by atomic mass is 10.0. The van der Waals surface area contributed by atoms with Crippen LogP contribution in [-0.4, -0.2) is 36.3 Å². The van der Waals surface area contributed by atoms with Crippen LogP contribution in [0, 0.1) is 5.21 Å². The highest BCUT2D eigenvalue weighted by atomic mass is 32.2. The molecule has 3 heterocycles. The fourth-order valence-electron chi connectivity index (χ4n) is 3.54. The number of aromatic nitrogens is 1. The third kappa shape index (κ3) is 3.98. The van der Waals surface area contributed by atoms with Crippen molar-refractivity contribution < 1.29 is 19.0 Å². The average molecular weight is 386 g/mol. The maximum Gasteiger partial charge on any atom is 0.251 e. The molecule has 1 fully saturated rings. The van der Waals surface area contributed by atoms with E-state index in [0.717, 1.165) is 47.6 Å². The molecule has 0 N–H and O–H groups in total. The summed E-state index contributed by atoms with van der Waals surface area (Å²) in [6, 6.07) is 11.2. The first-order chi connectivity index (χ1) is 13.2. The van der Waals surface area contributed by atoms with Crippen molar-refractivity contribution in [3.63, 3.8) is 0 Å². The molecule has 6 nitrogen and oxygen atoms in total. The molecule has 0 saturated carbocycles. The molecule has 27 heavy (non-hydrogen) atoms. The van der Waals surface area contributed by atoms with Crippen LogP contribution in [0.5, 0.6) is 11.5 Å². The van der Waals surface area contributed by atoms with Crippen molar-refractivity contribution in [3.05, 3.63) is 53.4 Å². The quantitative estimate of drug-likeness (QED) is 0.459. The molecule has 1 unspecified atom stereocenters. The van der Waals surface area contributed by atoms with Crippen LogP contribution in [-0.2, 0) is 4.79 Å². The van der Waals surface area contributed by atoms with Gasteiger partial charge in [0.15, 0.2) is 17.7 Å². The van der Waals surface area contributed by atoms with Crippen LogP contribution in [0.15, 0.2) is 47.6 Å². The Morgan fingerprint density at radius 2 is 2.04 bits per heavy atom. The third-order valence-electron chi connectivity index (χ3n) is 4.86. The molecular formula is C20H22N2O4S. The Morgan fingerprint density at radius 1 is 1.19 bits per heavy atom. The fraction of sp³-hybridized carbons (Fsp3) is 0.400. The highest BCUT2D eigenvalue weighted by Crippen LogP contribution is 2.38. The summed E-state index contributed by atoms with van der Waals surface area (Å²) < 4.78 is 12.3. The van der Waals surface area contributed by atoms with Gasteiger partial charge in [-0.25, -0.2) is 0 Å². The lowest BCUT2D eigenvalue weighted by molar-refractivity contribution is -0.645. The van der Waals surface area contributed by atoms with Gasteiger partial charge in [-0.3, -0.25) is 4.79 Å². The van der Waals surface area contributed by atoms with Crippen LogP contribution in [0.3, 0.4) is 0 Å². The zero-order chi connectivity index (χ0) is 18.6. The van der Waals surface area contributed by atoms with E-state index in [1.807, 2.05) is 23.1 Å². The molecule has 0 radical (unpaired) electrons. The van der Waals surface area contributed by atoms with Gasteiger partial charge in [0.05, 0.1) is 25.0 Å². The third-order valence-corrected chi connectivity index (χ3v) is 5.86. The van der Waals surface area contributed by atoms with E-state index >= 15 is 0 Å². The van der Waals surface area contributed by atoms with E-state index < -0.39 is 0 Å². The van der Waals surface area contributed by atoms with E-state index in [2.05, 4.69) is 0 Å². The topological polar surface area (TPSA) is 65.7 Å². The largest absolute Gasteiger partial charge is 0.618 e. The molecule has 7 heteroatoms. The van der Waals surface area contributed by atoms with Crippen LogP contribution in [0.1, 0.15) is 30.9 Å². The minimum atomic E-state index is 0.0467. The minimum Gasteiger partial charge on any atom is -0.618 e. The molecule has 4 rings (SSSR count). The first kappa shape index (κ1) is 18.0. The van der Waals surface area contributed by atoms with Gasteiger partial charge >= 0.3 is 0 Å². The molecule has 0 bridgehead atoms. The second kappa shape index (κ2) is 8.08. The summed E-state index contributed by atoms with van der Waals surface area (Å²) in [4.78, 5) is 14.7. The molecular weight excluding hydrogens is 364 g/mol. The van der Waals surface area contributed by atoms with Gasteiger partial charge in [-0.1, -0.05) is 6.07 Å². The zero-order valence-electron chi connectivity index (χ0n) is 15.0. The predicted octanol–water partition coefficient (Wildman–Crippen LogP) is 2.94. The van der Waals surface area contributed by atoms with Crippen LogP contribution in [0.4, 0.5) is 0 Å². The van der Waals surface area contributed by atoms with Crippen LogP contribution >= 0.6 is 11.8 Å². The lowest BCUT2D eigenvalue weighted by Gasteiger charge is -2.25. The smallest absolute Gasteiger partial charge is 0.251 e. The lowest BCUT2D eigenvalue weighted by Crippen LogP contribution is -2.33. The van der Waals surface area contributed by atoms with Crippen LogP contribution in [0.2, 0.25) is 0 Å². The highest BCUT2D eigenvalue weighted by Gasteiger charge is 2.31. The molecule has 142 valence electrons. The summed E-state index contributed by atoms with van der Waals surface area (Å²) in [5.41, 5.74) is 1.08. The Labute approximate surface area is 162 Å². The first-order valence-electron chi connectivity index (χ1n) is 9.22.